The van der Waals surface area contributed by atoms with E-state index >= 15 is 4.39 Å². The number of hydrogen-bond donors (Lipinski definition) is 3. The highest BCUT2D eigenvalue weighted by Gasteiger charge is 2.32. The number of halogens is 6. The highest BCUT2D eigenvalue weighted by molar-refractivity contribution is 7.91. The number of sulfone groups is 1. The second-order valence-electron chi connectivity index (χ2n) is 10.6. The number of amides is 2. The van der Waals surface area contributed by atoms with Gasteiger partial charge in [0.2, 0.25) is 5.91 Å². The minimum Gasteiger partial charge on any atom is -0.367 e. The fraction of sp³-hybridized carbons (Fsp3) is 0.481. The van der Waals surface area contributed by atoms with Crippen LogP contribution in [0.3, 0.4) is 0 Å². The highest BCUT2D eigenvalue weighted by Crippen LogP contribution is 2.32. The molecule has 43 heavy (non-hydrogen) atoms. The second-order valence-corrected chi connectivity index (χ2v) is 13.2. The Morgan fingerprint density at radius 1 is 1.12 bits per heavy atom. The first kappa shape index (κ1) is 32.9. The molecule has 2 atom stereocenters. The quantitative estimate of drug-likeness (QED) is 0.376. The van der Waals surface area contributed by atoms with E-state index in [0.29, 0.717) is 30.3 Å². The molecule has 0 unspecified atom stereocenters. The Kier molecular flexibility index (Phi) is 10.2. The number of nitrogens with one attached hydrogen (secondary N) is 3. The maximum Gasteiger partial charge on any atom is 0.390 e. The number of rotatable bonds is 8. The summed E-state index contributed by atoms with van der Waals surface area (Å²) in [5.74, 6) is -4.94. The first-order chi connectivity index (χ1) is 20.1. The summed E-state index contributed by atoms with van der Waals surface area (Å²) in [6, 6.07) is 5.52. The standard InChI is InChI=1S/C27H31ClF5N5O4S/c1-16-14-38(10-9-37(16)8-6-27(31,32)33)22-12-18(28)3-5-20(22)36-25(39)19-4-2-17(23(29)24(19)30)13-35-26(40)21-15-43(41,42)11-7-34-21/h2-5,12,16,21,34H,6-11,13-15H2,1H3,(H,35,40)(H,36,39)/t16-,21-/m0/s1. The van der Waals surface area contributed by atoms with Gasteiger partial charge in [-0.05, 0) is 31.2 Å². The van der Waals surface area contributed by atoms with Crippen molar-refractivity contribution in [3.8, 4) is 0 Å². The fourth-order valence-corrected chi connectivity index (χ4v) is 6.58. The minimum absolute atomic E-state index is 0.0970. The van der Waals surface area contributed by atoms with E-state index < -0.39 is 69.8 Å². The van der Waals surface area contributed by atoms with E-state index in [2.05, 4.69) is 16.0 Å². The van der Waals surface area contributed by atoms with E-state index in [9.17, 15) is 35.6 Å². The maximum absolute atomic E-state index is 15.0. The molecule has 9 nitrogen and oxygen atoms in total. The van der Waals surface area contributed by atoms with Crippen molar-refractivity contribution < 1.29 is 40.0 Å². The smallest absolute Gasteiger partial charge is 0.367 e. The van der Waals surface area contributed by atoms with Crippen molar-refractivity contribution in [2.75, 3.05) is 54.4 Å². The Morgan fingerprint density at radius 3 is 2.53 bits per heavy atom. The van der Waals surface area contributed by atoms with Gasteiger partial charge in [-0.3, -0.25) is 14.5 Å². The first-order valence-corrected chi connectivity index (χ1v) is 15.7. The molecule has 0 bridgehead atoms. The monoisotopic (exact) mass is 651 g/mol. The van der Waals surface area contributed by atoms with Gasteiger partial charge in [0.15, 0.2) is 21.5 Å². The number of nitrogens with zero attached hydrogens (tertiary/aromatic N) is 2. The molecule has 0 saturated carbocycles. The van der Waals surface area contributed by atoms with Crippen LogP contribution in [0.15, 0.2) is 30.3 Å². The third-order valence-electron chi connectivity index (χ3n) is 7.40. The van der Waals surface area contributed by atoms with Gasteiger partial charge in [-0.15, -0.1) is 0 Å². The molecule has 0 aliphatic carbocycles. The predicted octanol–water partition coefficient (Wildman–Crippen LogP) is 3.34. The van der Waals surface area contributed by atoms with E-state index in [1.54, 1.807) is 17.9 Å². The number of piperazine rings is 1. The number of alkyl halides is 3. The van der Waals surface area contributed by atoms with Crippen LogP contribution in [-0.2, 0) is 21.2 Å². The summed E-state index contributed by atoms with van der Waals surface area (Å²) >= 11 is 6.19. The normalized spacial score (nSPS) is 21.0. The summed E-state index contributed by atoms with van der Waals surface area (Å²) in [5, 5.41) is 8.05. The molecule has 16 heteroatoms. The second kappa shape index (κ2) is 13.3. The van der Waals surface area contributed by atoms with Crippen LogP contribution in [0.4, 0.5) is 33.3 Å². The van der Waals surface area contributed by atoms with Gasteiger partial charge in [0.1, 0.15) is 6.04 Å². The molecular formula is C27H31ClF5N5O4S. The summed E-state index contributed by atoms with van der Waals surface area (Å²) in [7, 11) is -3.39. The molecule has 2 saturated heterocycles. The van der Waals surface area contributed by atoms with Crippen molar-refractivity contribution in [2.45, 2.75) is 38.1 Å². The lowest BCUT2D eigenvalue weighted by Crippen LogP contribution is -2.53. The van der Waals surface area contributed by atoms with Crippen molar-refractivity contribution in [1.29, 1.82) is 0 Å². The SMILES string of the molecule is C[C@H]1CN(c2cc(Cl)ccc2NC(=O)c2ccc(CNC(=O)[C@@H]3CS(=O)(=O)CCN3)c(F)c2F)CCN1CCC(F)(F)F. The topological polar surface area (TPSA) is 111 Å². The molecule has 2 amide bonds. The van der Waals surface area contributed by atoms with Crippen LogP contribution in [0.5, 0.6) is 0 Å². The molecule has 0 aromatic heterocycles. The zero-order chi connectivity index (χ0) is 31.5. The van der Waals surface area contributed by atoms with E-state index in [1.807, 2.05) is 4.90 Å². The Balaban J connectivity index is 1.43. The Bertz CT molecular complexity index is 1480. The number of anilines is 2. The Hall–Kier alpha value is -3.01. The lowest BCUT2D eigenvalue weighted by molar-refractivity contribution is -0.139. The molecule has 2 aromatic rings. The van der Waals surface area contributed by atoms with Crippen molar-refractivity contribution in [1.82, 2.24) is 15.5 Å². The molecule has 0 spiro atoms. The van der Waals surface area contributed by atoms with Gasteiger partial charge in [0.25, 0.3) is 5.91 Å². The van der Waals surface area contributed by atoms with Crippen LogP contribution >= 0.6 is 11.6 Å². The van der Waals surface area contributed by atoms with Crippen molar-refractivity contribution in [3.05, 3.63) is 58.1 Å². The molecule has 2 fully saturated rings. The lowest BCUT2D eigenvalue weighted by atomic mass is 10.1. The van der Waals surface area contributed by atoms with E-state index in [0.717, 1.165) is 12.1 Å². The van der Waals surface area contributed by atoms with Crippen LogP contribution in [-0.4, -0.2) is 87.6 Å². The molecule has 236 valence electrons. The lowest BCUT2D eigenvalue weighted by Gasteiger charge is -2.41. The average Bonchev–Trinajstić information content (AvgIpc) is 2.92. The van der Waals surface area contributed by atoms with Gasteiger partial charge in [-0.1, -0.05) is 17.7 Å². The van der Waals surface area contributed by atoms with E-state index in [-0.39, 0.29) is 36.1 Å². The molecule has 2 heterocycles. The largest absolute Gasteiger partial charge is 0.390 e. The average molecular weight is 652 g/mol. The van der Waals surface area contributed by atoms with Gasteiger partial charge in [0.05, 0.1) is 34.9 Å². The number of carbonyl (C=O) groups excluding carboxylic acids is 2. The third-order valence-corrected chi connectivity index (χ3v) is 9.30. The molecule has 3 N–H and O–H groups in total. The summed E-state index contributed by atoms with van der Waals surface area (Å²) in [4.78, 5) is 29.0. The summed E-state index contributed by atoms with van der Waals surface area (Å²) < 4.78 is 91.5. The molecule has 2 aliphatic heterocycles. The van der Waals surface area contributed by atoms with Crippen LogP contribution in [0.25, 0.3) is 0 Å². The first-order valence-electron chi connectivity index (χ1n) is 13.5. The third kappa shape index (κ3) is 8.55. The number of benzene rings is 2. The van der Waals surface area contributed by atoms with Gasteiger partial charge >= 0.3 is 6.18 Å². The predicted molar refractivity (Wildman–Crippen MR) is 152 cm³/mol. The fourth-order valence-electron chi connectivity index (χ4n) is 5.04. The Labute approximate surface area is 250 Å². The van der Waals surface area contributed by atoms with Crippen molar-refractivity contribution in [3.63, 3.8) is 0 Å². The zero-order valence-electron chi connectivity index (χ0n) is 23.1. The summed E-state index contributed by atoms with van der Waals surface area (Å²) in [6.07, 6.45) is -5.19. The number of carbonyl (C=O) groups is 2. The summed E-state index contributed by atoms with van der Waals surface area (Å²) in [6.45, 7) is 2.34. The van der Waals surface area contributed by atoms with E-state index in [4.69, 9.17) is 11.6 Å². The van der Waals surface area contributed by atoms with Crippen LogP contribution in [0.2, 0.25) is 5.02 Å². The van der Waals surface area contributed by atoms with E-state index in [1.165, 1.54) is 12.1 Å². The Morgan fingerprint density at radius 2 is 1.86 bits per heavy atom. The molecule has 4 rings (SSSR count). The van der Waals surface area contributed by atoms with Crippen molar-refractivity contribution in [2.24, 2.45) is 0 Å². The van der Waals surface area contributed by atoms with Gasteiger partial charge in [0, 0.05) is 55.9 Å². The van der Waals surface area contributed by atoms with Gasteiger partial charge in [-0.2, -0.15) is 13.2 Å². The van der Waals surface area contributed by atoms with Gasteiger partial charge < -0.3 is 20.9 Å². The molecule has 0 radical (unpaired) electrons. The van der Waals surface area contributed by atoms with Crippen LogP contribution < -0.4 is 20.9 Å². The zero-order valence-corrected chi connectivity index (χ0v) is 24.7. The highest BCUT2D eigenvalue weighted by atomic mass is 35.5. The molecule has 2 aliphatic rings. The minimum atomic E-state index is -4.26. The van der Waals surface area contributed by atoms with Crippen LogP contribution in [0.1, 0.15) is 29.3 Å². The van der Waals surface area contributed by atoms with Gasteiger partial charge in [-0.25, -0.2) is 17.2 Å². The number of hydrogen-bond acceptors (Lipinski definition) is 7. The van der Waals surface area contributed by atoms with Crippen LogP contribution in [0, 0.1) is 11.6 Å². The summed E-state index contributed by atoms with van der Waals surface area (Å²) in [5.41, 5.74) is -0.123. The van der Waals surface area contributed by atoms with Crippen molar-refractivity contribution >= 4 is 44.6 Å². The molecule has 2 aromatic carbocycles. The maximum atomic E-state index is 15.0. The molecular weight excluding hydrogens is 621 g/mol.